The molecular weight excluding hydrogens is 318 g/mol. The lowest BCUT2D eigenvalue weighted by atomic mass is 10.1. The summed E-state index contributed by atoms with van der Waals surface area (Å²) in [4.78, 5) is 23.6. The van der Waals surface area contributed by atoms with Crippen molar-refractivity contribution >= 4 is 11.8 Å². The first-order valence-corrected chi connectivity index (χ1v) is 10.1. The molecule has 0 unspecified atom stereocenters. The molecule has 0 spiro atoms. The van der Waals surface area contributed by atoms with E-state index in [9.17, 15) is 14.7 Å². The Labute approximate surface area is 152 Å². The molecule has 0 aromatic heterocycles. The minimum Gasteiger partial charge on any atom is -0.382 e. The van der Waals surface area contributed by atoms with Gasteiger partial charge < -0.3 is 20.2 Å². The van der Waals surface area contributed by atoms with Crippen molar-refractivity contribution in [1.82, 2.24) is 10.6 Å². The number of aliphatic hydroxyl groups excluding tert-OH is 1. The van der Waals surface area contributed by atoms with Crippen LogP contribution in [-0.4, -0.2) is 66.8 Å². The standard InChI is InChI=1S/C19H37N3O3/c1-3-5-7-9-18(24)20-11-13-22(15-17(23)16-22)14-12-21-19(25)10-8-6-4-2/h17,23H,3-16H2,1-2H3,(H-,20,21,24,25)/p+1. The van der Waals surface area contributed by atoms with Crippen molar-refractivity contribution in [3.05, 3.63) is 0 Å². The minimum atomic E-state index is -0.250. The summed E-state index contributed by atoms with van der Waals surface area (Å²) in [7, 11) is 0. The van der Waals surface area contributed by atoms with Crippen LogP contribution in [-0.2, 0) is 9.59 Å². The van der Waals surface area contributed by atoms with Crippen LogP contribution in [0.15, 0.2) is 0 Å². The van der Waals surface area contributed by atoms with Gasteiger partial charge in [-0.05, 0) is 12.8 Å². The van der Waals surface area contributed by atoms with Gasteiger partial charge in [0, 0.05) is 12.8 Å². The van der Waals surface area contributed by atoms with Gasteiger partial charge in [0.25, 0.3) is 0 Å². The molecule has 0 aliphatic carbocycles. The zero-order valence-electron chi connectivity index (χ0n) is 16.2. The van der Waals surface area contributed by atoms with Gasteiger partial charge in [0.05, 0.1) is 26.2 Å². The number of hydrogen-bond donors (Lipinski definition) is 3. The van der Waals surface area contributed by atoms with E-state index < -0.39 is 0 Å². The summed E-state index contributed by atoms with van der Waals surface area (Å²) in [5.74, 6) is 0.244. The van der Waals surface area contributed by atoms with Crippen molar-refractivity contribution < 1.29 is 19.2 Å². The number of quaternary nitrogens is 1. The third-order valence-corrected chi connectivity index (χ3v) is 5.03. The molecular formula is C19H38N3O3+. The fraction of sp³-hybridized carbons (Fsp3) is 0.895. The van der Waals surface area contributed by atoms with Crippen LogP contribution in [0, 0.1) is 0 Å². The van der Waals surface area contributed by atoms with E-state index >= 15 is 0 Å². The van der Waals surface area contributed by atoms with Crippen molar-refractivity contribution in [3.63, 3.8) is 0 Å². The van der Waals surface area contributed by atoms with Crippen LogP contribution in [0.3, 0.4) is 0 Å². The molecule has 0 aromatic rings. The lowest BCUT2D eigenvalue weighted by Crippen LogP contribution is -2.69. The van der Waals surface area contributed by atoms with E-state index in [1.165, 1.54) is 0 Å². The average molecular weight is 357 g/mol. The Balaban J connectivity index is 2.21. The molecule has 1 aliphatic heterocycles. The summed E-state index contributed by atoms with van der Waals surface area (Å²) in [5.41, 5.74) is 0. The van der Waals surface area contributed by atoms with E-state index in [1.807, 2.05) is 0 Å². The molecule has 3 N–H and O–H groups in total. The second kappa shape index (κ2) is 12.3. The predicted molar refractivity (Wildman–Crippen MR) is 100 cm³/mol. The molecule has 0 radical (unpaired) electrons. The topological polar surface area (TPSA) is 78.4 Å². The highest BCUT2D eigenvalue weighted by atomic mass is 16.3. The molecule has 1 rings (SSSR count). The van der Waals surface area contributed by atoms with Crippen LogP contribution in [0.25, 0.3) is 0 Å². The fourth-order valence-electron chi connectivity index (χ4n) is 3.43. The molecule has 0 saturated carbocycles. The predicted octanol–water partition coefficient (Wildman–Crippen LogP) is 1.57. The van der Waals surface area contributed by atoms with Crippen molar-refractivity contribution in [2.45, 2.75) is 71.3 Å². The van der Waals surface area contributed by atoms with Gasteiger partial charge in [0.1, 0.15) is 13.1 Å². The third kappa shape index (κ3) is 9.21. The van der Waals surface area contributed by atoms with E-state index in [1.54, 1.807) is 0 Å². The van der Waals surface area contributed by atoms with Crippen molar-refractivity contribution in [1.29, 1.82) is 0 Å². The van der Waals surface area contributed by atoms with E-state index in [-0.39, 0.29) is 17.9 Å². The number of rotatable bonds is 14. The highest BCUT2D eigenvalue weighted by Gasteiger charge is 2.42. The quantitative estimate of drug-likeness (QED) is 0.327. The molecule has 2 amide bonds. The van der Waals surface area contributed by atoms with Gasteiger partial charge >= 0.3 is 0 Å². The summed E-state index contributed by atoms with van der Waals surface area (Å²) >= 11 is 0. The third-order valence-electron chi connectivity index (χ3n) is 5.03. The molecule has 0 bridgehead atoms. The molecule has 1 saturated heterocycles. The first-order valence-electron chi connectivity index (χ1n) is 10.1. The normalized spacial score (nSPS) is 16.3. The van der Waals surface area contributed by atoms with Gasteiger partial charge in [-0.15, -0.1) is 0 Å². The average Bonchev–Trinajstić information content (AvgIpc) is 2.54. The summed E-state index contributed by atoms with van der Waals surface area (Å²) in [6.07, 6.45) is 7.28. The largest absolute Gasteiger partial charge is 0.382 e. The maximum absolute atomic E-state index is 11.8. The first kappa shape index (κ1) is 21.9. The maximum atomic E-state index is 11.8. The Morgan fingerprint density at radius 3 is 1.68 bits per heavy atom. The molecule has 1 fully saturated rings. The van der Waals surface area contributed by atoms with Gasteiger partial charge in [0.2, 0.25) is 11.8 Å². The molecule has 1 aliphatic rings. The lowest BCUT2D eigenvalue weighted by molar-refractivity contribution is -0.970. The van der Waals surface area contributed by atoms with Crippen molar-refractivity contribution in [2.75, 3.05) is 39.3 Å². The number of carbonyl (C=O) groups is 2. The number of aliphatic hydroxyl groups is 1. The number of nitrogens with zero attached hydrogens (tertiary/aromatic N) is 1. The number of likely N-dealkylation sites (tertiary alicyclic amines) is 1. The summed E-state index contributed by atoms with van der Waals surface area (Å²) in [6, 6.07) is 0. The molecule has 6 nitrogen and oxygen atoms in total. The van der Waals surface area contributed by atoms with Crippen LogP contribution in [0.1, 0.15) is 65.2 Å². The van der Waals surface area contributed by atoms with Crippen LogP contribution in [0.2, 0.25) is 0 Å². The van der Waals surface area contributed by atoms with Crippen LogP contribution in [0.4, 0.5) is 0 Å². The summed E-state index contributed by atoms with van der Waals surface area (Å²) in [5, 5.41) is 15.7. The number of carbonyl (C=O) groups excluding carboxylic acids is 2. The Morgan fingerprint density at radius 2 is 1.32 bits per heavy atom. The van der Waals surface area contributed by atoms with E-state index in [0.717, 1.165) is 69.2 Å². The molecule has 1 heterocycles. The number of nitrogens with one attached hydrogen (secondary N) is 2. The van der Waals surface area contributed by atoms with Gasteiger partial charge in [-0.25, -0.2) is 0 Å². The molecule has 25 heavy (non-hydrogen) atoms. The van der Waals surface area contributed by atoms with Gasteiger partial charge in [-0.1, -0.05) is 39.5 Å². The van der Waals surface area contributed by atoms with E-state index in [0.29, 0.717) is 25.9 Å². The summed E-state index contributed by atoms with van der Waals surface area (Å²) in [6.45, 7) is 8.62. The Morgan fingerprint density at radius 1 is 0.880 bits per heavy atom. The minimum absolute atomic E-state index is 0.122. The van der Waals surface area contributed by atoms with Gasteiger partial charge in [-0.3, -0.25) is 9.59 Å². The smallest absolute Gasteiger partial charge is 0.220 e. The Bertz CT molecular complexity index is 365. The fourth-order valence-corrected chi connectivity index (χ4v) is 3.43. The molecule has 146 valence electrons. The van der Waals surface area contributed by atoms with Crippen LogP contribution >= 0.6 is 0 Å². The number of unbranched alkanes of at least 4 members (excludes halogenated alkanes) is 4. The summed E-state index contributed by atoms with van der Waals surface area (Å²) < 4.78 is 0.783. The molecule has 0 aromatic carbocycles. The van der Waals surface area contributed by atoms with Gasteiger partial charge in [-0.2, -0.15) is 0 Å². The lowest BCUT2D eigenvalue weighted by Gasteiger charge is -2.48. The number of amides is 2. The van der Waals surface area contributed by atoms with E-state index in [4.69, 9.17) is 0 Å². The SMILES string of the molecule is CCCCCC(=O)NCC[N+]1(CCNC(=O)CCCCC)CC(O)C1. The highest BCUT2D eigenvalue weighted by molar-refractivity contribution is 5.76. The highest BCUT2D eigenvalue weighted by Crippen LogP contribution is 2.19. The zero-order chi connectivity index (χ0) is 18.5. The van der Waals surface area contributed by atoms with Crippen molar-refractivity contribution in [3.8, 4) is 0 Å². The first-order chi connectivity index (χ1) is 12.0. The van der Waals surface area contributed by atoms with Crippen molar-refractivity contribution in [2.24, 2.45) is 0 Å². The monoisotopic (exact) mass is 356 g/mol. The zero-order valence-corrected chi connectivity index (χ0v) is 16.2. The number of hydrogen-bond acceptors (Lipinski definition) is 3. The Kier molecular flexibility index (Phi) is 10.7. The second-order valence-electron chi connectivity index (χ2n) is 7.42. The molecule has 6 heteroatoms. The second-order valence-corrected chi connectivity index (χ2v) is 7.42. The molecule has 0 atom stereocenters. The van der Waals surface area contributed by atoms with Crippen LogP contribution in [0.5, 0.6) is 0 Å². The van der Waals surface area contributed by atoms with E-state index in [2.05, 4.69) is 24.5 Å². The maximum Gasteiger partial charge on any atom is 0.220 e. The Hall–Kier alpha value is -1.14. The van der Waals surface area contributed by atoms with Gasteiger partial charge in [0.15, 0.2) is 6.10 Å². The van der Waals surface area contributed by atoms with Crippen LogP contribution < -0.4 is 10.6 Å².